The molecule has 1 aromatic carbocycles. The lowest BCUT2D eigenvalue weighted by Crippen LogP contribution is -2.34. The molecule has 0 spiro atoms. The molecule has 1 aliphatic rings. The minimum atomic E-state index is -4.31. The van der Waals surface area contributed by atoms with Crippen LogP contribution in [-0.4, -0.2) is 43.7 Å². The molecule has 7 nitrogen and oxygen atoms in total. The fourth-order valence-electron chi connectivity index (χ4n) is 4.33. The third-order valence-corrected chi connectivity index (χ3v) is 6.72. The monoisotopic (exact) mass is 529 g/mol. The lowest BCUT2D eigenvalue weighted by molar-refractivity contribution is -0.211. The zero-order valence-electron chi connectivity index (χ0n) is 21.3. The zero-order chi connectivity index (χ0) is 27.1. The molecular weight excluding hydrogens is 495 g/mol. The molecule has 1 aliphatic carbocycles. The van der Waals surface area contributed by atoms with Crippen molar-refractivity contribution in [2.75, 3.05) is 13.7 Å². The first-order valence-corrected chi connectivity index (χ1v) is 12.5. The van der Waals surface area contributed by atoms with Gasteiger partial charge in [-0.15, -0.1) is 0 Å². The number of methoxy groups -OCH3 is 1. The number of aryl methyl sites for hydroxylation is 1. The van der Waals surface area contributed by atoms with Crippen molar-refractivity contribution in [2.45, 2.75) is 66.0 Å². The van der Waals surface area contributed by atoms with Gasteiger partial charge in [0.15, 0.2) is 0 Å². The van der Waals surface area contributed by atoms with E-state index >= 15 is 0 Å². The molecule has 1 amide bonds. The molecule has 0 unspecified atom stereocenters. The molecule has 1 heterocycles. The van der Waals surface area contributed by atoms with Crippen molar-refractivity contribution in [1.29, 1.82) is 0 Å². The summed E-state index contributed by atoms with van der Waals surface area (Å²) < 4.78 is 63.7. The molecule has 36 heavy (non-hydrogen) atoms. The van der Waals surface area contributed by atoms with E-state index in [-0.39, 0.29) is 12.3 Å². The minimum absolute atomic E-state index is 0.163. The van der Waals surface area contributed by atoms with Gasteiger partial charge < -0.3 is 10.1 Å². The highest BCUT2D eigenvalue weighted by Gasteiger charge is 2.47. The van der Waals surface area contributed by atoms with E-state index in [1.165, 1.54) is 33.8 Å². The van der Waals surface area contributed by atoms with Crippen LogP contribution in [0.25, 0.3) is 5.69 Å². The second-order valence-electron chi connectivity index (χ2n) is 10.0. The van der Waals surface area contributed by atoms with Crippen LogP contribution in [0.2, 0.25) is 0 Å². The van der Waals surface area contributed by atoms with Crippen LogP contribution in [0, 0.1) is 24.2 Å². The van der Waals surface area contributed by atoms with E-state index in [4.69, 9.17) is 13.2 Å². The maximum Gasteiger partial charge on any atom is 0.394 e. The second-order valence-corrected chi connectivity index (χ2v) is 10.1. The summed E-state index contributed by atoms with van der Waals surface area (Å²) >= 11 is -0.750. The highest BCUT2D eigenvalue weighted by molar-refractivity contribution is 7.51. The molecule has 1 aromatic heterocycles. The quantitative estimate of drug-likeness (QED) is 0.532. The average Bonchev–Trinajstić information content (AvgIpc) is 3.19. The smallest absolute Gasteiger partial charge is 0.394 e. The Kier molecular flexibility index (Phi) is 10.3. The maximum atomic E-state index is 13.3. The van der Waals surface area contributed by atoms with Gasteiger partial charge in [-0.3, -0.25) is 9.36 Å². The van der Waals surface area contributed by atoms with E-state index in [1.807, 2.05) is 0 Å². The molecule has 200 valence electrons. The van der Waals surface area contributed by atoms with Crippen molar-refractivity contribution in [2.24, 2.45) is 17.3 Å². The zero-order valence-corrected chi connectivity index (χ0v) is 22.1. The molecule has 0 bridgehead atoms. The average molecular weight is 530 g/mol. The van der Waals surface area contributed by atoms with Gasteiger partial charge in [-0.25, -0.2) is 4.98 Å². The Labute approximate surface area is 213 Å². The minimum Gasteiger partial charge on any atom is -0.495 e. The van der Waals surface area contributed by atoms with Crippen LogP contribution < -0.4 is 10.1 Å². The largest absolute Gasteiger partial charge is 0.495 e. The molecule has 0 saturated heterocycles. The van der Waals surface area contributed by atoms with Gasteiger partial charge in [-0.2, -0.15) is 21.6 Å². The highest BCUT2D eigenvalue weighted by Crippen LogP contribution is 2.41. The third kappa shape index (κ3) is 7.65. The van der Waals surface area contributed by atoms with E-state index in [9.17, 15) is 18.0 Å². The first-order chi connectivity index (χ1) is 16.8. The van der Waals surface area contributed by atoms with Crippen molar-refractivity contribution in [3.8, 4) is 11.4 Å². The SMILES string of the molecule is COc1cc(CC(C)(C)C(F)(F)F)ccc1-n1cc(C(=O)NCC2CCC(C)CC2)nc1C.O=S=O. The number of carbonyl (C=O) groups is 1. The Morgan fingerprint density at radius 2 is 1.81 bits per heavy atom. The Morgan fingerprint density at radius 3 is 2.36 bits per heavy atom. The molecule has 0 aliphatic heterocycles. The summed E-state index contributed by atoms with van der Waals surface area (Å²) in [6, 6.07) is 4.99. The number of alkyl halides is 3. The summed E-state index contributed by atoms with van der Waals surface area (Å²) in [6.07, 6.45) is 1.83. The maximum absolute atomic E-state index is 13.3. The summed E-state index contributed by atoms with van der Waals surface area (Å²) in [5.74, 6) is 2.05. The van der Waals surface area contributed by atoms with Gasteiger partial charge in [0.25, 0.3) is 5.91 Å². The molecular formula is C25H34F3N3O4S. The van der Waals surface area contributed by atoms with Crippen molar-refractivity contribution in [3.05, 3.63) is 41.5 Å². The predicted molar refractivity (Wildman–Crippen MR) is 131 cm³/mol. The summed E-state index contributed by atoms with van der Waals surface area (Å²) in [5, 5.41) is 3.00. The number of benzene rings is 1. The second kappa shape index (κ2) is 12.5. The van der Waals surface area contributed by atoms with Gasteiger partial charge in [0.1, 0.15) is 17.3 Å². The number of imidazole rings is 1. The predicted octanol–water partition coefficient (Wildman–Crippen LogP) is 5.21. The number of amides is 1. The molecule has 0 atom stereocenters. The Balaban J connectivity index is 0.00000145. The van der Waals surface area contributed by atoms with E-state index in [2.05, 4.69) is 17.2 Å². The van der Waals surface area contributed by atoms with Crippen LogP contribution in [0.4, 0.5) is 13.2 Å². The number of halogens is 3. The van der Waals surface area contributed by atoms with Crippen molar-refractivity contribution < 1.29 is 31.1 Å². The number of ether oxygens (including phenoxy) is 1. The number of aromatic nitrogens is 2. The molecule has 0 radical (unpaired) electrons. The first-order valence-electron chi connectivity index (χ1n) is 11.8. The van der Waals surface area contributed by atoms with Crippen LogP contribution in [0.15, 0.2) is 24.4 Å². The van der Waals surface area contributed by atoms with Crippen LogP contribution >= 0.6 is 0 Å². The normalized spacial score (nSPS) is 18.1. The molecule has 1 N–H and O–H groups in total. The highest BCUT2D eigenvalue weighted by atomic mass is 32.1. The van der Waals surface area contributed by atoms with Crippen LogP contribution in [0.3, 0.4) is 0 Å². The number of hydrogen-bond donors (Lipinski definition) is 1. The standard InChI is InChI=1S/C25H34F3N3O2.O2S/c1-16-6-8-18(9-7-16)14-29-23(32)20-15-31(17(2)30-20)21-11-10-19(12-22(21)33-5)13-24(3,4)25(26,27)28;1-3-2/h10-12,15-16,18H,6-9,13-14H2,1-5H3,(H,29,32);. The summed E-state index contributed by atoms with van der Waals surface area (Å²) in [6.45, 7) is 7.06. The Hall–Kier alpha value is -2.69. The molecule has 1 fully saturated rings. The third-order valence-electron chi connectivity index (χ3n) is 6.72. The van der Waals surface area contributed by atoms with Crippen LogP contribution in [0.5, 0.6) is 5.75 Å². The van der Waals surface area contributed by atoms with E-state index in [0.29, 0.717) is 41.0 Å². The van der Waals surface area contributed by atoms with Crippen molar-refractivity contribution >= 4 is 17.5 Å². The Bertz CT molecular complexity index is 1070. The number of carbonyl (C=O) groups excluding carboxylic acids is 1. The van der Waals surface area contributed by atoms with E-state index in [1.54, 1.807) is 35.9 Å². The van der Waals surface area contributed by atoms with Gasteiger partial charge in [0, 0.05) is 12.7 Å². The van der Waals surface area contributed by atoms with Gasteiger partial charge in [-0.05, 0) is 55.7 Å². The number of rotatable bonds is 7. The molecule has 2 aromatic rings. The van der Waals surface area contributed by atoms with Crippen LogP contribution in [0.1, 0.15) is 68.3 Å². The first kappa shape index (κ1) is 29.5. The lowest BCUT2D eigenvalue weighted by atomic mass is 9.83. The van der Waals surface area contributed by atoms with Crippen LogP contribution in [-0.2, 0) is 18.0 Å². The van der Waals surface area contributed by atoms with E-state index < -0.39 is 23.2 Å². The fraction of sp³-hybridized carbons (Fsp3) is 0.600. The van der Waals surface area contributed by atoms with Gasteiger partial charge in [0.2, 0.25) is 0 Å². The Morgan fingerprint density at radius 1 is 1.19 bits per heavy atom. The van der Waals surface area contributed by atoms with Gasteiger partial charge in [0.05, 0.1) is 18.2 Å². The molecule has 1 saturated carbocycles. The van der Waals surface area contributed by atoms with E-state index in [0.717, 1.165) is 18.8 Å². The fourth-order valence-corrected chi connectivity index (χ4v) is 4.33. The number of nitrogens with zero attached hydrogens (tertiary/aromatic N) is 2. The number of hydrogen-bond acceptors (Lipinski definition) is 5. The number of nitrogens with one attached hydrogen (secondary N) is 1. The topological polar surface area (TPSA) is 90.3 Å². The molecule has 3 rings (SSSR count). The summed E-state index contributed by atoms with van der Waals surface area (Å²) in [5.41, 5.74) is -0.403. The van der Waals surface area contributed by atoms with Gasteiger partial charge in [-0.1, -0.05) is 39.7 Å². The van der Waals surface area contributed by atoms with Crippen molar-refractivity contribution in [3.63, 3.8) is 0 Å². The lowest BCUT2D eigenvalue weighted by Gasteiger charge is -2.28. The van der Waals surface area contributed by atoms with Gasteiger partial charge >= 0.3 is 17.7 Å². The molecule has 11 heteroatoms. The summed E-state index contributed by atoms with van der Waals surface area (Å²) in [4.78, 5) is 17.1. The van der Waals surface area contributed by atoms with Crippen molar-refractivity contribution in [1.82, 2.24) is 14.9 Å². The summed E-state index contributed by atoms with van der Waals surface area (Å²) in [7, 11) is 1.47.